The fourth-order valence-corrected chi connectivity index (χ4v) is 3.73. The summed E-state index contributed by atoms with van der Waals surface area (Å²) in [5.74, 6) is -1.33. The second kappa shape index (κ2) is 11.0. The molecule has 0 aliphatic rings. The maximum Gasteiger partial charge on any atom is 0.348 e. The topological polar surface area (TPSA) is 84.9 Å². The Morgan fingerprint density at radius 1 is 1.11 bits per heavy atom. The number of esters is 2. The molecule has 1 aromatic heterocycles. The summed E-state index contributed by atoms with van der Waals surface area (Å²) in [6.45, 7) is 9.85. The molecule has 0 radical (unpaired) electrons. The van der Waals surface area contributed by atoms with E-state index in [2.05, 4.69) is 19.2 Å². The minimum atomic E-state index is -0.565. The van der Waals surface area contributed by atoms with Crippen LogP contribution in [0.25, 0.3) is 0 Å². The number of hydrogen-bond acceptors (Lipinski definition) is 7. The molecule has 1 atom stereocenters. The lowest BCUT2D eigenvalue weighted by molar-refractivity contribution is -0.117. The monoisotopic (exact) mass is 398 g/mol. The standard InChI is InChI=1S/C19H30N2O5S/c1-7-10-12(4)21(6)11-14(22)20-17-15(18(23)25-8-2)13(5)16(27-17)19(24)26-9-3/h12H,7-11H2,1-6H3,(H,20,22). The SMILES string of the molecule is CCCC(C)N(C)CC(=O)Nc1sc(C(=O)OCC)c(C)c1C(=O)OCC. The Labute approximate surface area is 165 Å². The fourth-order valence-electron chi connectivity index (χ4n) is 2.63. The van der Waals surface area contributed by atoms with Crippen LogP contribution in [0.4, 0.5) is 5.00 Å². The molecule has 7 nitrogen and oxygen atoms in total. The summed E-state index contributed by atoms with van der Waals surface area (Å²) in [5.41, 5.74) is 0.669. The van der Waals surface area contributed by atoms with Gasteiger partial charge in [-0.05, 0) is 46.7 Å². The molecule has 0 saturated carbocycles. The van der Waals surface area contributed by atoms with Crippen LogP contribution in [0, 0.1) is 6.92 Å². The third-order valence-electron chi connectivity index (χ3n) is 4.19. The minimum absolute atomic E-state index is 0.190. The average molecular weight is 399 g/mol. The Kier molecular flexibility index (Phi) is 9.45. The number of ether oxygens (including phenoxy) is 2. The second-order valence-corrected chi connectivity index (χ2v) is 7.32. The van der Waals surface area contributed by atoms with Crippen LogP contribution in [0.5, 0.6) is 0 Å². The molecule has 1 heterocycles. The predicted molar refractivity (Wildman–Crippen MR) is 107 cm³/mol. The third kappa shape index (κ3) is 6.32. The van der Waals surface area contributed by atoms with Gasteiger partial charge in [-0.15, -0.1) is 11.3 Å². The molecule has 0 bridgehead atoms. The Bertz CT molecular complexity index is 671. The molecule has 1 N–H and O–H groups in total. The van der Waals surface area contributed by atoms with Crippen molar-refractivity contribution >= 4 is 34.2 Å². The van der Waals surface area contributed by atoms with E-state index in [4.69, 9.17) is 9.47 Å². The highest BCUT2D eigenvalue weighted by Crippen LogP contribution is 2.34. The van der Waals surface area contributed by atoms with Gasteiger partial charge in [0.05, 0.1) is 25.3 Å². The Balaban J connectivity index is 3.06. The van der Waals surface area contributed by atoms with Crippen molar-refractivity contribution in [2.75, 3.05) is 32.1 Å². The first-order valence-electron chi connectivity index (χ1n) is 9.24. The average Bonchev–Trinajstić information content (AvgIpc) is 2.91. The van der Waals surface area contributed by atoms with Gasteiger partial charge in [0.25, 0.3) is 0 Å². The number of carbonyl (C=O) groups excluding carboxylic acids is 3. The fraction of sp³-hybridized carbons (Fsp3) is 0.632. The molecule has 0 aliphatic heterocycles. The molecule has 0 spiro atoms. The van der Waals surface area contributed by atoms with Crippen LogP contribution in [-0.2, 0) is 14.3 Å². The smallest absolute Gasteiger partial charge is 0.348 e. The molecular formula is C19H30N2O5S. The van der Waals surface area contributed by atoms with Crippen molar-refractivity contribution in [1.82, 2.24) is 4.90 Å². The van der Waals surface area contributed by atoms with Crippen LogP contribution >= 0.6 is 11.3 Å². The molecule has 1 aromatic rings. The third-order valence-corrected chi connectivity index (χ3v) is 5.38. The minimum Gasteiger partial charge on any atom is -0.462 e. The van der Waals surface area contributed by atoms with E-state index in [0.29, 0.717) is 15.4 Å². The molecule has 0 fully saturated rings. The van der Waals surface area contributed by atoms with E-state index in [1.807, 2.05) is 11.9 Å². The van der Waals surface area contributed by atoms with Gasteiger partial charge in [0.1, 0.15) is 9.88 Å². The van der Waals surface area contributed by atoms with Gasteiger partial charge in [0, 0.05) is 6.04 Å². The van der Waals surface area contributed by atoms with Crippen LogP contribution in [0.1, 0.15) is 66.1 Å². The van der Waals surface area contributed by atoms with E-state index < -0.39 is 11.9 Å². The van der Waals surface area contributed by atoms with Crippen LogP contribution < -0.4 is 5.32 Å². The number of hydrogen-bond donors (Lipinski definition) is 1. The molecule has 152 valence electrons. The summed E-state index contributed by atoms with van der Waals surface area (Å²) in [4.78, 5) is 39.2. The van der Waals surface area contributed by atoms with Gasteiger partial charge >= 0.3 is 11.9 Å². The lowest BCUT2D eigenvalue weighted by atomic mass is 10.1. The molecule has 1 rings (SSSR count). The van der Waals surface area contributed by atoms with E-state index in [1.165, 1.54) is 0 Å². The molecule has 1 amide bonds. The number of amides is 1. The van der Waals surface area contributed by atoms with Gasteiger partial charge < -0.3 is 14.8 Å². The van der Waals surface area contributed by atoms with Gasteiger partial charge in [0.2, 0.25) is 5.91 Å². The first-order chi connectivity index (χ1) is 12.8. The Hall–Kier alpha value is -1.93. The van der Waals surface area contributed by atoms with Crippen molar-refractivity contribution in [2.45, 2.75) is 53.5 Å². The first-order valence-corrected chi connectivity index (χ1v) is 10.1. The highest BCUT2D eigenvalue weighted by Gasteiger charge is 2.27. The number of likely N-dealkylation sites (N-methyl/N-ethyl adjacent to an activating group) is 1. The number of carbonyl (C=O) groups is 3. The summed E-state index contributed by atoms with van der Waals surface area (Å²) in [6, 6.07) is 0.269. The van der Waals surface area contributed by atoms with Crippen molar-refractivity contribution in [3.63, 3.8) is 0 Å². The number of rotatable bonds is 10. The van der Waals surface area contributed by atoms with Gasteiger partial charge in [-0.3, -0.25) is 9.69 Å². The van der Waals surface area contributed by atoms with Crippen molar-refractivity contribution in [2.24, 2.45) is 0 Å². The molecule has 1 unspecified atom stereocenters. The quantitative estimate of drug-likeness (QED) is 0.608. The second-order valence-electron chi connectivity index (χ2n) is 6.30. The lowest BCUT2D eigenvalue weighted by Crippen LogP contribution is -2.36. The zero-order valence-electron chi connectivity index (χ0n) is 17.0. The van der Waals surface area contributed by atoms with E-state index in [-0.39, 0.29) is 37.3 Å². The highest BCUT2D eigenvalue weighted by atomic mass is 32.1. The molecule has 0 aliphatic carbocycles. The summed E-state index contributed by atoms with van der Waals surface area (Å²) >= 11 is 1.04. The van der Waals surface area contributed by atoms with Crippen molar-refractivity contribution in [1.29, 1.82) is 0 Å². The Morgan fingerprint density at radius 3 is 2.26 bits per heavy atom. The lowest BCUT2D eigenvalue weighted by Gasteiger charge is -2.23. The summed E-state index contributed by atoms with van der Waals surface area (Å²) in [5, 5.41) is 3.08. The first kappa shape index (κ1) is 23.1. The zero-order valence-corrected chi connectivity index (χ0v) is 17.8. The van der Waals surface area contributed by atoms with E-state index >= 15 is 0 Å². The van der Waals surface area contributed by atoms with Crippen molar-refractivity contribution < 1.29 is 23.9 Å². The number of nitrogens with zero attached hydrogens (tertiary/aromatic N) is 1. The molecule has 8 heteroatoms. The summed E-state index contributed by atoms with van der Waals surface area (Å²) in [6.07, 6.45) is 2.02. The van der Waals surface area contributed by atoms with Gasteiger partial charge in [-0.1, -0.05) is 13.3 Å². The maximum absolute atomic E-state index is 12.5. The van der Waals surface area contributed by atoms with Crippen molar-refractivity contribution in [3.8, 4) is 0 Å². The van der Waals surface area contributed by atoms with E-state index in [1.54, 1.807) is 20.8 Å². The van der Waals surface area contributed by atoms with Gasteiger partial charge in [-0.25, -0.2) is 9.59 Å². The van der Waals surface area contributed by atoms with Crippen LogP contribution in [0.3, 0.4) is 0 Å². The predicted octanol–water partition coefficient (Wildman–Crippen LogP) is 3.47. The molecule has 27 heavy (non-hydrogen) atoms. The molecular weight excluding hydrogens is 368 g/mol. The van der Waals surface area contributed by atoms with Crippen LogP contribution in [0.2, 0.25) is 0 Å². The number of thiophene rings is 1. The zero-order chi connectivity index (χ0) is 20.6. The highest BCUT2D eigenvalue weighted by molar-refractivity contribution is 7.18. The molecule has 0 saturated heterocycles. The van der Waals surface area contributed by atoms with E-state index in [9.17, 15) is 14.4 Å². The maximum atomic E-state index is 12.5. The summed E-state index contributed by atoms with van der Waals surface area (Å²) in [7, 11) is 1.88. The number of anilines is 1. The van der Waals surface area contributed by atoms with E-state index in [0.717, 1.165) is 24.2 Å². The summed E-state index contributed by atoms with van der Waals surface area (Å²) < 4.78 is 10.1. The number of nitrogens with one attached hydrogen (secondary N) is 1. The normalized spacial score (nSPS) is 12.0. The van der Waals surface area contributed by atoms with Gasteiger partial charge in [0.15, 0.2) is 0 Å². The molecule has 0 aromatic carbocycles. The van der Waals surface area contributed by atoms with Crippen LogP contribution in [0.15, 0.2) is 0 Å². The Morgan fingerprint density at radius 2 is 1.70 bits per heavy atom. The largest absolute Gasteiger partial charge is 0.462 e. The van der Waals surface area contributed by atoms with Crippen molar-refractivity contribution in [3.05, 3.63) is 16.0 Å². The van der Waals surface area contributed by atoms with Crippen LogP contribution in [-0.4, -0.2) is 55.6 Å². The van der Waals surface area contributed by atoms with Gasteiger partial charge in [-0.2, -0.15) is 0 Å².